The number of terminal acetylenes is 1. The predicted octanol–water partition coefficient (Wildman–Crippen LogP) is 1.96. The number of nitrogens with one attached hydrogen (secondary N) is 1. The average Bonchev–Trinajstić information content (AvgIpc) is 2.31. The van der Waals surface area contributed by atoms with Gasteiger partial charge in [0.25, 0.3) is 0 Å². The summed E-state index contributed by atoms with van der Waals surface area (Å²) in [6.07, 6.45) is 4.40. The first kappa shape index (κ1) is 13.7. The van der Waals surface area contributed by atoms with Crippen LogP contribution >= 0.6 is 0 Å². The Balaban J connectivity index is 2.94. The standard InChI is InChI=1S/C13H12FNO3/c1-4-8(2)18-13(17)10-5-6-11(14)12(7-10)15-9(3)16/h1,5-8H,2-3H3,(H,15,16). The van der Waals surface area contributed by atoms with Crippen LogP contribution in [-0.2, 0) is 9.53 Å². The van der Waals surface area contributed by atoms with Crippen molar-refractivity contribution in [3.63, 3.8) is 0 Å². The molecule has 0 aliphatic carbocycles. The van der Waals surface area contributed by atoms with Gasteiger partial charge in [0, 0.05) is 6.92 Å². The SMILES string of the molecule is C#CC(C)OC(=O)c1ccc(F)c(NC(C)=O)c1. The summed E-state index contributed by atoms with van der Waals surface area (Å²) in [5.41, 5.74) is 0.0348. The van der Waals surface area contributed by atoms with Crippen molar-refractivity contribution in [3.05, 3.63) is 29.6 Å². The van der Waals surface area contributed by atoms with Crippen LogP contribution in [0, 0.1) is 18.2 Å². The highest BCUT2D eigenvalue weighted by molar-refractivity contribution is 5.94. The Labute approximate surface area is 104 Å². The third-order valence-corrected chi connectivity index (χ3v) is 2.03. The molecule has 0 spiro atoms. The monoisotopic (exact) mass is 249 g/mol. The normalized spacial score (nSPS) is 11.2. The van der Waals surface area contributed by atoms with E-state index in [9.17, 15) is 14.0 Å². The van der Waals surface area contributed by atoms with Crippen LogP contribution in [0.2, 0.25) is 0 Å². The lowest BCUT2D eigenvalue weighted by molar-refractivity contribution is -0.114. The van der Waals surface area contributed by atoms with Crippen LogP contribution in [0.1, 0.15) is 24.2 Å². The van der Waals surface area contributed by atoms with Crippen LogP contribution in [0.25, 0.3) is 0 Å². The zero-order chi connectivity index (χ0) is 13.7. The molecule has 0 aliphatic heterocycles. The smallest absolute Gasteiger partial charge is 0.339 e. The number of rotatable bonds is 3. The summed E-state index contributed by atoms with van der Waals surface area (Å²) < 4.78 is 18.2. The van der Waals surface area contributed by atoms with Crippen molar-refractivity contribution in [3.8, 4) is 12.3 Å². The van der Waals surface area contributed by atoms with Gasteiger partial charge in [0.05, 0.1) is 11.3 Å². The minimum Gasteiger partial charge on any atom is -0.446 e. The van der Waals surface area contributed by atoms with Crippen molar-refractivity contribution < 1.29 is 18.7 Å². The third kappa shape index (κ3) is 3.59. The van der Waals surface area contributed by atoms with Crippen molar-refractivity contribution in [2.24, 2.45) is 0 Å². The summed E-state index contributed by atoms with van der Waals surface area (Å²) >= 11 is 0. The molecule has 0 fully saturated rings. The number of anilines is 1. The Hall–Kier alpha value is -2.35. The molecule has 94 valence electrons. The minimum absolute atomic E-state index is 0.0784. The fourth-order valence-corrected chi connectivity index (χ4v) is 1.20. The number of esters is 1. The lowest BCUT2D eigenvalue weighted by atomic mass is 10.2. The lowest BCUT2D eigenvalue weighted by Crippen LogP contribution is -2.14. The second kappa shape index (κ2) is 5.82. The molecule has 0 saturated heterocycles. The number of hydrogen-bond donors (Lipinski definition) is 1. The number of halogens is 1. The lowest BCUT2D eigenvalue weighted by Gasteiger charge is -2.09. The molecule has 0 bridgehead atoms. The molecule has 1 unspecified atom stereocenters. The van der Waals surface area contributed by atoms with E-state index in [0.717, 1.165) is 6.07 Å². The van der Waals surface area contributed by atoms with Gasteiger partial charge in [0.2, 0.25) is 5.91 Å². The van der Waals surface area contributed by atoms with Crippen molar-refractivity contribution in [2.45, 2.75) is 20.0 Å². The van der Waals surface area contributed by atoms with E-state index >= 15 is 0 Å². The predicted molar refractivity (Wildman–Crippen MR) is 64.4 cm³/mol. The number of carbonyl (C=O) groups is 2. The van der Waals surface area contributed by atoms with Gasteiger partial charge in [-0.25, -0.2) is 9.18 Å². The van der Waals surface area contributed by atoms with E-state index in [-0.39, 0.29) is 11.3 Å². The highest BCUT2D eigenvalue weighted by atomic mass is 19.1. The summed E-state index contributed by atoms with van der Waals surface area (Å²) in [6, 6.07) is 3.52. The number of carbonyl (C=O) groups excluding carboxylic acids is 2. The molecule has 1 aromatic carbocycles. The summed E-state index contributed by atoms with van der Waals surface area (Å²) in [6.45, 7) is 2.78. The summed E-state index contributed by atoms with van der Waals surface area (Å²) in [5.74, 6) is 0.496. The Bertz CT molecular complexity index is 519. The van der Waals surface area contributed by atoms with E-state index in [1.54, 1.807) is 0 Å². The zero-order valence-electron chi connectivity index (χ0n) is 9.99. The molecule has 5 heteroatoms. The molecule has 4 nitrogen and oxygen atoms in total. The number of hydrogen-bond acceptors (Lipinski definition) is 3. The molecular weight excluding hydrogens is 237 g/mol. The number of benzene rings is 1. The van der Waals surface area contributed by atoms with Crippen LogP contribution in [-0.4, -0.2) is 18.0 Å². The molecule has 0 saturated carbocycles. The second-order valence-corrected chi connectivity index (χ2v) is 3.59. The molecule has 0 aromatic heterocycles. The van der Waals surface area contributed by atoms with Gasteiger partial charge in [-0.1, -0.05) is 5.92 Å². The maximum Gasteiger partial charge on any atom is 0.339 e. The van der Waals surface area contributed by atoms with E-state index in [1.807, 2.05) is 0 Å². The third-order valence-electron chi connectivity index (χ3n) is 2.03. The minimum atomic E-state index is -0.674. The largest absolute Gasteiger partial charge is 0.446 e. The van der Waals surface area contributed by atoms with Gasteiger partial charge in [-0.3, -0.25) is 4.79 Å². The highest BCUT2D eigenvalue weighted by Gasteiger charge is 2.13. The van der Waals surface area contributed by atoms with Gasteiger partial charge in [0.15, 0.2) is 6.10 Å². The Kier molecular flexibility index (Phi) is 4.44. The van der Waals surface area contributed by atoms with Crippen molar-refractivity contribution in [2.75, 3.05) is 5.32 Å². The van der Waals surface area contributed by atoms with Gasteiger partial charge < -0.3 is 10.1 Å². The van der Waals surface area contributed by atoms with E-state index < -0.39 is 23.8 Å². The van der Waals surface area contributed by atoms with Crippen molar-refractivity contribution in [1.29, 1.82) is 0 Å². The van der Waals surface area contributed by atoms with Crippen LogP contribution < -0.4 is 5.32 Å². The quantitative estimate of drug-likeness (QED) is 0.658. The maximum atomic E-state index is 13.3. The maximum absolute atomic E-state index is 13.3. The summed E-state index contributed by atoms with van der Waals surface area (Å²) in [7, 11) is 0. The van der Waals surface area contributed by atoms with Gasteiger partial charge in [0.1, 0.15) is 5.82 Å². The van der Waals surface area contributed by atoms with Gasteiger partial charge in [-0.2, -0.15) is 0 Å². The molecule has 0 heterocycles. The fraction of sp³-hybridized carbons (Fsp3) is 0.231. The van der Waals surface area contributed by atoms with Crippen LogP contribution in [0.15, 0.2) is 18.2 Å². The highest BCUT2D eigenvalue weighted by Crippen LogP contribution is 2.17. The summed E-state index contributed by atoms with van der Waals surface area (Å²) in [5, 5.41) is 2.27. The first-order valence-corrected chi connectivity index (χ1v) is 5.18. The molecule has 1 rings (SSSR count). The zero-order valence-corrected chi connectivity index (χ0v) is 9.99. The Morgan fingerprint density at radius 2 is 2.17 bits per heavy atom. The van der Waals surface area contributed by atoms with Crippen LogP contribution in [0.3, 0.4) is 0 Å². The van der Waals surface area contributed by atoms with Crippen molar-refractivity contribution in [1.82, 2.24) is 0 Å². The number of ether oxygens (including phenoxy) is 1. The number of amides is 1. The fourth-order valence-electron chi connectivity index (χ4n) is 1.20. The van der Waals surface area contributed by atoms with Crippen LogP contribution in [0.4, 0.5) is 10.1 Å². The first-order chi connectivity index (χ1) is 8.43. The molecule has 1 aromatic rings. The first-order valence-electron chi connectivity index (χ1n) is 5.18. The average molecular weight is 249 g/mol. The molecule has 0 radical (unpaired) electrons. The summed E-state index contributed by atoms with van der Waals surface area (Å²) in [4.78, 5) is 22.5. The van der Waals surface area contributed by atoms with E-state index in [4.69, 9.17) is 11.2 Å². The molecule has 0 aliphatic rings. The van der Waals surface area contributed by atoms with E-state index in [2.05, 4.69) is 11.2 Å². The van der Waals surface area contributed by atoms with E-state index in [1.165, 1.54) is 26.0 Å². The van der Waals surface area contributed by atoms with Gasteiger partial charge >= 0.3 is 5.97 Å². The Morgan fingerprint density at radius 3 is 2.72 bits per heavy atom. The topological polar surface area (TPSA) is 55.4 Å². The molecular formula is C13H12FNO3. The molecule has 1 amide bonds. The molecule has 1 atom stereocenters. The second-order valence-electron chi connectivity index (χ2n) is 3.59. The van der Waals surface area contributed by atoms with Crippen LogP contribution in [0.5, 0.6) is 0 Å². The van der Waals surface area contributed by atoms with Crippen molar-refractivity contribution >= 4 is 17.6 Å². The Morgan fingerprint density at radius 1 is 1.50 bits per heavy atom. The van der Waals surface area contributed by atoms with Gasteiger partial charge in [-0.05, 0) is 25.1 Å². The molecule has 18 heavy (non-hydrogen) atoms. The van der Waals surface area contributed by atoms with Gasteiger partial charge in [-0.15, -0.1) is 6.42 Å². The molecule has 1 N–H and O–H groups in total. The van der Waals surface area contributed by atoms with E-state index in [0.29, 0.717) is 0 Å².